The SMILES string of the molecule is O=C(Nc1cccc(I)c1)C(F)F. The first-order chi connectivity index (χ1) is 6.09. The Kier molecular flexibility index (Phi) is 3.58. The minimum Gasteiger partial charge on any atom is -0.321 e. The second-order valence-corrected chi connectivity index (χ2v) is 3.55. The van der Waals surface area contributed by atoms with Crippen molar-refractivity contribution in [2.45, 2.75) is 6.43 Å². The predicted molar refractivity (Wildman–Crippen MR) is 53.8 cm³/mol. The molecule has 0 aliphatic heterocycles. The van der Waals surface area contributed by atoms with Crippen LogP contribution in [-0.2, 0) is 4.79 Å². The zero-order chi connectivity index (χ0) is 9.84. The maximum absolute atomic E-state index is 11.8. The lowest BCUT2D eigenvalue weighted by Crippen LogP contribution is -2.19. The number of carbonyl (C=O) groups is 1. The summed E-state index contributed by atoms with van der Waals surface area (Å²) in [6.45, 7) is 0. The Hall–Kier alpha value is -0.720. The van der Waals surface area contributed by atoms with Crippen molar-refractivity contribution in [2.24, 2.45) is 0 Å². The molecule has 0 atom stereocenters. The molecule has 0 saturated carbocycles. The van der Waals surface area contributed by atoms with Crippen molar-refractivity contribution in [3.63, 3.8) is 0 Å². The van der Waals surface area contributed by atoms with E-state index in [9.17, 15) is 13.6 Å². The molecule has 1 rings (SSSR count). The Labute approximate surface area is 87.5 Å². The molecular weight excluding hydrogens is 291 g/mol. The van der Waals surface area contributed by atoms with Gasteiger partial charge in [-0.25, -0.2) is 0 Å². The summed E-state index contributed by atoms with van der Waals surface area (Å²) in [6.07, 6.45) is -2.97. The fourth-order valence-corrected chi connectivity index (χ4v) is 1.31. The van der Waals surface area contributed by atoms with Crippen LogP contribution in [0.5, 0.6) is 0 Å². The fraction of sp³-hybridized carbons (Fsp3) is 0.125. The van der Waals surface area contributed by atoms with E-state index in [0.717, 1.165) is 3.57 Å². The lowest BCUT2D eigenvalue weighted by atomic mass is 10.3. The first-order valence-electron chi connectivity index (χ1n) is 3.44. The first-order valence-corrected chi connectivity index (χ1v) is 4.52. The molecule has 70 valence electrons. The summed E-state index contributed by atoms with van der Waals surface area (Å²) in [6, 6.07) is 6.66. The van der Waals surface area contributed by atoms with Crippen LogP contribution < -0.4 is 5.32 Å². The normalized spacial score (nSPS) is 10.2. The van der Waals surface area contributed by atoms with Gasteiger partial charge in [0, 0.05) is 9.26 Å². The van der Waals surface area contributed by atoms with E-state index in [1.807, 2.05) is 22.6 Å². The average molecular weight is 297 g/mol. The smallest absolute Gasteiger partial charge is 0.315 e. The van der Waals surface area contributed by atoms with E-state index in [4.69, 9.17) is 0 Å². The third-order valence-electron chi connectivity index (χ3n) is 1.29. The summed E-state index contributed by atoms with van der Waals surface area (Å²) in [5.41, 5.74) is 0.386. The quantitative estimate of drug-likeness (QED) is 0.835. The number of hydrogen-bond acceptors (Lipinski definition) is 1. The molecule has 1 N–H and O–H groups in total. The monoisotopic (exact) mass is 297 g/mol. The fourth-order valence-electron chi connectivity index (χ4n) is 0.763. The number of anilines is 1. The first kappa shape index (κ1) is 10.4. The number of benzene rings is 1. The van der Waals surface area contributed by atoms with Crippen LogP contribution in [0.2, 0.25) is 0 Å². The highest BCUT2D eigenvalue weighted by atomic mass is 127. The minimum atomic E-state index is -2.97. The van der Waals surface area contributed by atoms with Gasteiger partial charge in [0.15, 0.2) is 0 Å². The standard InChI is InChI=1S/C8H6F2INO/c9-7(10)8(13)12-6-3-1-2-5(11)4-6/h1-4,7H,(H,12,13). The van der Waals surface area contributed by atoms with E-state index >= 15 is 0 Å². The van der Waals surface area contributed by atoms with Crippen LogP contribution in [-0.4, -0.2) is 12.3 Å². The van der Waals surface area contributed by atoms with Crippen LogP contribution >= 0.6 is 22.6 Å². The molecule has 0 aliphatic carbocycles. The van der Waals surface area contributed by atoms with Crippen molar-refractivity contribution in [3.05, 3.63) is 27.8 Å². The van der Waals surface area contributed by atoms with Gasteiger partial charge in [-0.1, -0.05) is 6.07 Å². The third kappa shape index (κ3) is 3.25. The van der Waals surface area contributed by atoms with Gasteiger partial charge < -0.3 is 5.32 Å². The molecule has 1 aromatic rings. The molecule has 0 radical (unpaired) electrons. The lowest BCUT2D eigenvalue weighted by Gasteiger charge is -2.03. The van der Waals surface area contributed by atoms with E-state index in [2.05, 4.69) is 5.32 Å². The molecule has 0 saturated heterocycles. The van der Waals surface area contributed by atoms with E-state index in [1.54, 1.807) is 24.3 Å². The van der Waals surface area contributed by atoms with Gasteiger partial charge in [0.2, 0.25) is 0 Å². The number of halogens is 3. The minimum absolute atomic E-state index is 0.386. The molecule has 0 bridgehead atoms. The number of hydrogen-bond donors (Lipinski definition) is 1. The van der Waals surface area contributed by atoms with Crippen molar-refractivity contribution < 1.29 is 13.6 Å². The van der Waals surface area contributed by atoms with Crippen LogP contribution in [0.3, 0.4) is 0 Å². The molecule has 1 aromatic carbocycles. The molecule has 0 unspecified atom stereocenters. The molecule has 5 heteroatoms. The van der Waals surface area contributed by atoms with Crippen LogP contribution in [0.15, 0.2) is 24.3 Å². The molecular formula is C8H6F2INO. The van der Waals surface area contributed by atoms with Crippen molar-refractivity contribution >= 4 is 34.2 Å². The van der Waals surface area contributed by atoms with E-state index in [1.165, 1.54) is 0 Å². The molecule has 0 spiro atoms. The number of rotatable bonds is 2. The van der Waals surface area contributed by atoms with Gasteiger partial charge in [0.05, 0.1) is 0 Å². The highest BCUT2D eigenvalue weighted by Crippen LogP contribution is 2.12. The Balaban J connectivity index is 2.69. The van der Waals surface area contributed by atoms with Crippen LogP contribution in [0.1, 0.15) is 0 Å². The predicted octanol–water partition coefficient (Wildman–Crippen LogP) is 2.49. The summed E-state index contributed by atoms with van der Waals surface area (Å²) in [7, 11) is 0. The second-order valence-electron chi connectivity index (χ2n) is 2.30. The maximum Gasteiger partial charge on any atom is 0.315 e. The van der Waals surface area contributed by atoms with Crippen LogP contribution in [0, 0.1) is 3.57 Å². The molecule has 13 heavy (non-hydrogen) atoms. The highest BCUT2D eigenvalue weighted by molar-refractivity contribution is 14.1. The highest BCUT2D eigenvalue weighted by Gasteiger charge is 2.14. The van der Waals surface area contributed by atoms with Gasteiger partial charge in [-0.05, 0) is 40.8 Å². The number of amides is 1. The van der Waals surface area contributed by atoms with E-state index in [-0.39, 0.29) is 0 Å². The van der Waals surface area contributed by atoms with Gasteiger partial charge in [0.25, 0.3) is 5.91 Å². The summed E-state index contributed by atoms with van der Waals surface area (Å²) < 4.78 is 24.5. The summed E-state index contributed by atoms with van der Waals surface area (Å²) in [4.78, 5) is 10.6. The van der Waals surface area contributed by atoms with Crippen molar-refractivity contribution in [3.8, 4) is 0 Å². The summed E-state index contributed by atoms with van der Waals surface area (Å²) in [5.74, 6) is -1.28. The molecule has 0 heterocycles. The van der Waals surface area contributed by atoms with E-state index < -0.39 is 12.3 Å². The number of carbonyl (C=O) groups excluding carboxylic acids is 1. The van der Waals surface area contributed by atoms with E-state index in [0.29, 0.717) is 5.69 Å². The van der Waals surface area contributed by atoms with Gasteiger partial charge in [0.1, 0.15) is 0 Å². The molecule has 0 aromatic heterocycles. The molecule has 0 aliphatic rings. The third-order valence-corrected chi connectivity index (χ3v) is 1.96. The second kappa shape index (κ2) is 4.50. The Bertz CT molecular complexity index is 317. The Morgan fingerprint density at radius 3 is 2.69 bits per heavy atom. The zero-order valence-corrected chi connectivity index (χ0v) is 8.59. The molecule has 0 fully saturated rings. The van der Waals surface area contributed by atoms with Gasteiger partial charge in [-0.2, -0.15) is 8.78 Å². The van der Waals surface area contributed by atoms with Crippen molar-refractivity contribution in [1.29, 1.82) is 0 Å². The molecule has 1 amide bonds. The molecule has 2 nitrogen and oxygen atoms in total. The summed E-state index contributed by atoms with van der Waals surface area (Å²) in [5, 5.41) is 2.09. The van der Waals surface area contributed by atoms with Gasteiger partial charge >= 0.3 is 6.43 Å². The number of nitrogens with one attached hydrogen (secondary N) is 1. The van der Waals surface area contributed by atoms with Crippen LogP contribution in [0.25, 0.3) is 0 Å². The Morgan fingerprint density at radius 2 is 2.15 bits per heavy atom. The summed E-state index contributed by atoms with van der Waals surface area (Å²) >= 11 is 2.03. The van der Waals surface area contributed by atoms with Crippen molar-refractivity contribution in [1.82, 2.24) is 0 Å². The number of alkyl halides is 2. The topological polar surface area (TPSA) is 29.1 Å². The van der Waals surface area contributed by atoms with Gasteiger partial charge in [-0.15, -0.1) is 0 Å². The van der Waals surface area contributed by atoms with Crippen LogP contribution in [0.4, 0.5) is 14.5 Å². The zero-order valence-electron chi connectivity index (χ0n) is 6.43. The van der Waals surface area contributed by atoms with Crippen molar-refractivity contribution in [2.75, 3.05) is 5.32 Å². The lowest BCUT2D eigenvalue weighted by molar-refractivity contribution is -0.126. The average Bonchev–Trinajstić information content (AvgIpc) is 2.04. The maximum atomic E-state index is 11.8. The van der Waals surface area contributed by atoms with Gasteiger partial charge in [-0.3, -0.25) is 4.79 Å². The largest absolute Gasteiger partial charge is 0.321 e. The Morgan fingerprint density at radius 1 is 1.46 bits per heavy atom.